The van der Waals surface area contributed by atoms with Gasteiger partial charge in [-0.1, -0.05) is 0 Å². The summed E-state index contributed by atoms with van der Waals surface area (Å²) in [5, 5.41) is 27.8. The summed E-state index contributed by atoms with van der Waals surface area (Å²) in [4.78, 5) is 11.8. The normalized spacial score (nSPS) is 10.7. The minimum absolute atomic E-state index is 0.0421. The molecule has 0 aliphatic carbocycles. The van der Waals surface area contributed by atoms with Gasteiger partial charge in [0.2, 0.25) is 0 Å². The molecule has 96 valence electrons. The van der Waals surface area contributed by atoms with E-state index in [-0.39, 0.29) is 23.0 Å². The van der Waals surface area contributed by atoms with Crippen molar-refractivity contribution in [3.05, 3.63) is 59.7 Å². The zero-order valence-corrected chi connectivity index (χ0v) is 9.95. The second-order valence-corrected chi connectivity index (χ2v) is 3.99. The highest BCUT2D eigenvalue weighted by Crippen LogP contribution is 2.23. The van der Waals surface area contributed by atoms with Gasteiger partial charge in [-0.3, -0.25) is 4.79 Å². The minimum atomic E-state index is -0.243. The number of ketones is 1. The molecule has 0 atom stereocenters. The fourth-order valence-corrected chi connectivity index (χ4v) is 1.56. The Hall–Kier alpha value is -2.75. The van der Waals surface area contributed by atoms with E-state index in [0.717, 1.165) is 0 Å². The Labute approximate surface area is 109 Å². The van der Waals surface area contributed by atoms with Gasteiger partial charge in [0, 0.05) is 17.2 Å². The van der Waals surface area contributed by atoms with Gasteiger partial charge in [0.1, 0.15) is 17.2 Å². The van der Waals surface area contributed by atoms with E-state index >= 15 is 0 Å². The number of allylic oxidation sites excluding steroid dienone is 1. The number of benzene rings is 2. The number of phenols is 3. The van der Waals surface area contributed by atoms with Gasteiger partial charge in [0.25, 0.3) is 0 Å². The summed E-state index contributed by atoms with van der Waals surface area (Å²) in [5.74, 6) is -0.293. The van der Waals surface area contributed by atoms with Crippen molar-refractivity contribution in [3.63, 3.8) is 0 Å². The van der Waals surface area contributed by atoms with Gasteiger partial charge < -0.3 is 15.3 Å². The Kier molecular flexibility index (Phi) is 3.52. The largest absolute Gasteiger partial charge is 0.508 e. The lowest BCUT2D eigenvalue weighted by molar-refractivity contribution is 0.104. The summed E-state index contributed by atoms with van der Waals surface area (Å²) < 4.78 is 0. The van der Waals surface area contributed by atoms with Crippen molar-refractivity contribution in [3.8, 4) is 17.2 Å². The maximum atomic E-state index is 11.8. The van der Waals surface area contributed by atoms with Crippen LogP contribution in [0.5, 0.6) is 17.2 Å². The molecule has 0 saturated carbocycles. The first-order valence-electron chi connectivity index (χ1n) is 5.60. The number of hydrogen-bond acceptors (Lipinski definition) is 4. The Morgan fingerprint density at radius 2 is 1.53 bits per heavy atom. The van der Waals surface area contributed by atoms with Crippen molar-refractivity contribution in [2.75, 3.05) is 0 Å². The summed E-state index contributed by atoms with van der Waals surface area (Å²) >= 11 is 0. The summed E-state index contributed by atoms with van der Waals surface area (Å²) in [6, 6.07) is 10.0. The van der Waals surface area contributed by atoms with Crippen LogP contribution in [0, 0.1) is 0 Å². The van der Waals surface area contributed by atoms with E-state index < -0.39 is 0 Å². The average Bonchev–Trinajstić information content (AvgIpc) is 2.38. The fourth-order valence-electron chi connectivity index (χ4n) is 1.56. The molecule has 0 fully saturated rings. The summed E-state index contributed by atoms with van der Waals surface area (Å²) in [7, 11) is 0. The van der Waals surface area contributed by atoms with Crippen LogP contribution >= 0.6 is 0 Å². The van der Waals surface area contributed by atoms with Gasteiger partial charge in [0.15, 0.2) is 5.78 Å². The van der Waals surface area contributed by atoms with E-state index in [2.05, 4.69) is 0 Å². The van der Waals surface area contributed by atoms with Gasteiger partial charge in [-0.25, -0.2) is 0 Å². The molecule has 0 aliphatic rings. The predicted molar refractivity (Wildman–Crippen MR) is 71.2 cm³/mol. The summed E-state index contributed by atoms with van der Waals surface area (Å²) in [6.07, 6.45) is 2.78. The van der Waals surface area contributed by atoms with Crippen LogP contribution in [0.2, 0.25) is 0 Å². The molecule has 4 heteroatoms. The smallest absolute Gasteiger partial charge is 0.185 e. The summed E-state index contributed by atoms with van der Waals surface area (Å²) in [5.41, 5.74) is 0.872. The van der Waals surface area contributed by atoms with Gasteiger partial charge in [-0.15, -0.1) is 0 Å². The Balaban J connectivity index is 2.18. The van der Waals surface area contributed by atoms with Crippen molar-refractivity contribution in [2.45, 2.75) is 0 Å². The van der Waals surface area contributed by atoms with E-state index in [4.69, 9.17) is 10.2 Å². The minimum Gasteiger partial charge on any atom is -0.508 e. The quantitative estimate of drug-likeness (QED) is 0.583. The molecule has 2 aromatic rings. The number of carbonyl (C=O) groups excluding carboxylic acids is 1. The maximum Gasteiger partial charge on any atom is 0.185 e. The Morgan fingerprint density at radius 1 is 0.895 bits per heavy atom. The molecule has 0 aromatic heterocycles. The van der Waals surface area contributed by atoms with Crippen LogP contribution in [0.15, 0.2) is 48.5 Å². The molecular weight excluding hydrogens is 244 g/mol. The molecular formula is C15H12O4. The zero-order chi connectivity index (χ0) is 13.8. The fraction of sp³-hybridized carbons (Fsp3) is 0. The highest BCUT2D eigenvalue weighted by atomic mass is 16.3. The number of carbonyl (C=O) groups is 1. The third kappa shape index (κ3) is 3.13. The number of hydrogen-bond donors (Lipinski definition) is 3. The van der Waals surface area contributed by atoms with Crippen LogP contribution in [0.25, 0.3) is 6.08 Å². The number of phenolic OH excluding ortho intramolecular Hbond substituents is 3. The average molecular weight is 256 g/mol. The predicted octanol–water partition coefficient (Wildman–Crippen LogP) is 2.70. The first kappa shape index (κ1) is 12.7. The van der Waals surface area contributed by atoms with Crippen LogP contribution in [-0.2, 0) is 0 Å². The molecule has 3 N–H and O–H groups in total. The number of rotatable bonds is 3. The van der Waals surface area contributed by atoms with E-state index in [0.29, 0.717) is 11.1 Å². The van der Waals surface area contributed by atoms with Gasteiger partial charge in [-0.2, -0.15) is 0 Å². The molecule has 0 heterocycles. The maximum absolute atomic E-state index is 11.8. The molecule has 0 bridgehead atoms. The molecule has 0 aliphatic heterocycles. The van der Waals surface area contributed by atoms with Crippen molar-refractivity contribution >= 4 is 11.9 Å². The van der Waals surface area contributed by atoms with Crippen LogP contribution in [0.3, 0.4) is 0 Å². The second-order valence-electron chi connectivity index (χ2n) is 3.99. The molecule has 0 saturated heterocycles. The van der Waals surface area contributed by atoms with Crippen molar-refractivity contribution in [2.24, 2.45) is 0 Å². The Morgan fingerprint density at radius 3 is 2.16 bits per heavy atom. The van der Waals surface area contributed by atoms with E-state index in [9.17, 15) is 9.90 Å². The third-order valence-electron chi connectivity index (χ3n) is 2.58. The van der Waals surface area contributed by atoms with Crippen molar-refractivity contribution < 1.29 is 20.1 Å². The molecule has 0 spiro atoms. The lowest BCUT2D eigenvalue weighted by Gasteiger charge is -2.00. The third-order valence-corrected chi connectivity index (χ3v) is 2.58. The second kappa shape index (κ2) is 5.27. The van der Waals surface area contributed by atoms with Crippen LogP contribution < -0.4 is 0 Å². The Bertz CT molecular complexity index is 627. The molecule has 0 amide bonds. The zero-order valence-electron chi connectivity index (χ0n) is 9.95. The number of aromatic hydroxyl groups is 3. The molecule has 0 unspecified atom stereocenters. The highest BCUT2D eigenvalue weighted by Gasteiger charge is 2.03. The topological polar surface area (TPSA) is 77.8 Å². The molecule has 2 aromatic carbocycles. The van der Waals surface area contributed by atoms with Crippen molar-refractivity contribution in [1.82, 2.24) is 0 Å². The van der Waals surface area contributed by atoms with Crippen LogP contribution in [-0.4, -0.2) is 21.1 Å². The molecule has 0 radical (unpaired) electrons. The molecule has 2 rings (SSSR count). The first-order chi connectivity index (χ1) is 9.06. The molecule has 4 nitrogen and oxygen atoms in total. The van der Waals surface area contributed by atoms with Crippen LogP contribution in [0.1, 0.15) is 15.9 Å². The standard InChI is InChI=1S/C15H12O4/c16-12-5-1-10(2-6-12)14(18)8-4-11-3-7-13(17)9-15(11)19/h1-9,16-17,19H/b8-4+. The first-order valence-corrected chi connectivity index (χ1v) is 5.60. The van der Waals surface area contributed by atoms with Crippen molar-refractivity contribution in [1.29, 1.82) is 0 Å². The SMILES string of the molecule is O=C(/C=C/c1ccc(O)cc1O)c1ccc(O)cc1. The molecule has 19 heavy (non-hydrogen) atoms. The monoisotopic (exact) mass is 256 g/mol. The van der Waals surface area contributed by atoms with Crippen LogP contribution in [0.4, 0.5) is 0 Å². The van der Waals surface area contributed by atoms with E-state index in [1.807, 2.05) is 0 Å². The lowest BCUT2D eigenvalue weighted by Crippen LogP contribution is -1.92. The van der Waals surface area contributed by atoms with Gasteiger partial charge in [-0.05, 0) is 48.6 Å². The lowest BCUT2D eigenvalue weighted by atomic mass is 10.1. The summed E-state index contributed by atoms with van der Waals surface area (Å²) in [6.45, 7) is 0. The van der Waals surface area contributed by atoms with Gasteiger partial charge >= 0.3 is 0 Å². The van der Waals surface area contributed by atoms with E-state index in [1.54, 1.807) is 0 Å². The highest BCUT2D eigenvalue weighted by molar-refractivity contribution is 6.07. The van der Waals surface area contributed by atoms with E-state index in [1.165, 1.54) is 54.6 Å². The van der Waals surface area contributed by atoms with Gasteiger partial charge in [0.05, 0.1) is 0 Å².